The molecule has 1 aliphatic heterocycles. The summed E-state index contributed by atoms with van der Waals surface area (Å²) in [6.45, 7) is 7.18. The van der Waals surface area contributed by atoms with Crippen LogP contribution in [0.4, 0.5) is 0 Å². The van der Waals surface area contributed by atoms with E-state index in [2.05, 4.69) is 36.3 Å². The Morgan fingerprint density at radius 1 is 1.21 bits per heavy atom. The third-order valence-corrected chi connectivity index (χ3v) is 7.55. The number of nitrogens with one attached hydrogen (secondary N) is 1. The number of hydrogen-bond acceptors (Lipinski definition) is 4. The van der Waals surface area contributed by atoms with Crippen LogP contribution < -0.4 is 5.32 Å². The maximum absolute atomic E-state index is 12.8. The van der Waals surface area contributed by atoms with Gasteiger partial charge >= 0.3 is 0 Å². The second kappa shape index (κ2) is 8.28. The highest BCUT2D eigenvalue weighted by atomic mass is 32.2. The number of carbonyl (C=O) groups is 1. The van der Waals surface area contributed by atoms with Gasteiger partial charge in [-0.3, -0.25) is 4.79 Å². The van der Waals surface area contributed by atoms with Gasteiger partial charge in [0.1, 0.15) is 5.82 Å². The Morgan fingerprint density at radius 2 is 1.83 bits per heavy atom. The quantitative estimate of drug-likeness (QED) is 0.780. The van der Waals surface area contributed by atoms with E-state index in [0.717, 1.165) is 0 Å². The zero-order valence-electron chi connectivity index (χ0n) is 17.6. The summed E-state index contributed by atoms with van der Waals surface area (Å²) in [6, 6.07) is 10.1. The van der Waals surface area contributed by atoms with Crippen molar-refractivity contribution in [2.75, 3.05) is 19.6 Å². The molecule has 0 radical (unpaired) electrons. The molecule has 2 aromatic rings. The summed E-state index contributed by atoms with van der Waals surface area (Å²) in [4.78, 5) is 16.8. The standard InChI is InChI=1S/C21H30N4O3S/c1-16-23-19(14-24(16)4)29(27,28)25-12-10-17(11-13-25)20(26)22-15-21(2,3)18-8-6-5-7-9-18/h5-9,14,17H,10-13,15H2,1-4H3,(H,22,26). The smallest absolute Gasteiger partial charge is 0.262 e. The first-order valence-corrected chi connectivity index (χ1v) is 11.4. The van der Waals surface area contributed by atoms with Crippen LogP contribution in [0, 0.1) is 12.8 Å². The summed E-state index contributed by atoms with van der Waals surface area (Å²) in [5.74, 6) is 0.483. The normalized spacial score (nSPS) is 16.7. The van der Waals surface area contributed by atoms with E-state index >= 15 is 0 Å². The Balaban J connectivity index is 1.55. The van der Waals surface area contributed by atoms with Gasteiger partial charge < -0.3 is 9.88 Å². The molecule has 1 saturated heterocycles. The van der Waals surface area contributed by atoms with Crippen molar-refractivity contribution < 1.29 is 13.2 Å². The Kier molecular flexibility index (Phi) is 6.14. The minimum absolute atomic E-state index is 0.000246. The predicted octanol–water partition coefficient (Wildman–Crippen LogP) is 2.22. The highest BCUT2D eigenvalue weighted by Gasteiger charge is 2.34. The lowest BCUT2D eigenvalue weighted by atomic mass is 9.84. The van der Waals surface area contributed by atoms with Crippen LogP contribution in [0.5, 0.6) is 0 Å². The molecule has 7 nitrogen and oxygen atoms in total. The summed E-state index contributed by atoms with van der Waals surface area (Å²) in [6.07, 6.45) is 2.57. The van der Waals surface area contributed by atoms with Crippen LogP contribution in [-0.2, 0) is 27.3 Å². The van der Waals surface area contributed by atoms with E-state index in [1.54, 1.807) is 18.5 Å². The SMILES string of the molecule is Cc1nc(S(=O)(=O)N2CCC(C(=O)NCC(C)(C)c3ccccc3)CC2)cn1C. The van der Waals surface area contributed by atoms with Crippen LogP contribution in [0.25, 0.3) is 0 Å². The summed E-state index contributed by atoms with van der Waals surface area (Å²) in [5.41, 5.74) is 1.00. The van der Waals surface area contributed by atoms with Crippen molar-refractivity contribution >= 4 is 15.9 Å². The lowest BCUT2D eigenvalue weighted by Gasteiger charge is -2.31. The third kappa shape index (κ3) is 4.70. The minimum Gasteiger partial charge on any atom is -0.355 e. The topological polar surface area (TPSA) is 84.3 Å². The van der Waals surface area contributed by atoms with Crippen LogP contribution in [-0.4, -0.2) is 47.8 Å². The highest BCUT2D eigenvalue weighted by molar-refractivity contribution is 7.89. The van der Waals surface area contributed by atoms with Gasteiger partial charge in [-0.25, -0.2) is 13.4 Å². The van der Waals surface area contributed by atoms with E-state index in [9.17, 15) is 13.2 Å². The molecular formula is C21H30N4O3S. The van der Waals surface area contributed by atoms with Gasteiger partial charge in [0, 0.05) is 44.2 Å². The van der Waals surface area contributed by atoms with Crippen molar-refractivity contribution in [2.24, 2.45) is 13.0 Å². The van der Waals surface area contributed by atoms with Gasteiger partial charge in [0.25, 0.3) is 10.0 Å². The molecule has 0 unspecified atom stereocenters. The average molecular weight is 419 g/mol. The Labute approximate surface area is 173 Å². The number of carbonyl (C=O) groups excluding carboxylic acids is 1. The number of hydrogen-bond donors (Lipinski definition) is 1. The van der Waals surface area contributed by atoms with E-state index in [1.807, 2.05) is 18.2 Å². The van der Waals surface area contributed by atoms with Crippen LogP contribution in [0.1, 0.15) is 38.1 Å². The van der Waals surface area contributed by atoms with Crippen molar-refractivity contribution in [1.29, 1.82) is 0 Å². The first kappa shape index (κ1) is 21.5. The van der Waals surface area contributed by atoms with Gasteiger partial charge in [-0.1, -0.05) is 44.2 Å². The summed E-state index contributed by atoms with van der Waals surface area (Å²) < 4.78 is 28.7. The number of benzene rings is 1. The molecule has 1 aromatic heterocycles. The summed E-state index contributed by atoms with van der Waals surface area (Å²) in [5, 5.41) is 3.14. The monoisotopic (exact) mass is 418 g/mol. The number of sulfonamides is 1. The first-order valence-electron chi connectivity index (χ1n) is 9.94. The second-order valence-electron chi connectivity index (χ2n) is 8.38. The number of amides is 1. The van der Waals surface area contributed by atoms with Crippen LogP contribution in [0.15, 0.2) is 41.6 Å². The van der Waals surface area contributed by atoms with Gasteiger partial charge in [-0.05, 0) is 25.3 Å². The molecule has 29 heavy (non-hydrogen) atoms. The molecule has 1 aliphatic rings. The first-order chi connectivity index (χ1) is 13.6. The molecule has 0 spiro atoms. The van der Waals surface area contributed by atoms with Crippen LogP contribution in [0.3, 0.4) is 0 Å². The molecule has 0 atom stereocenters. The Hall–Kier alpha value is -2.19. The van der Waals surface area contributed by atoms with Gasteiger partial charge in [-0.15, -0.1) is 0 Å². The molecule has 158 valence electrons. The number of rotatable bonds is 6. The number of aryl methyl sites for hydroxylation is 2. The van der Waals surface area contributed by atoms with Gasteiger partial charge in [0.05, 0.1) is 0 Å². The van der Waals surface area contributed by atoms with E-state index < -0.39 is 10.0 Å². The molecule has 1 aromatic carbocycles. The van der Waals surface area contributed by atoms with E-state index in [0.29, 0.717) is 38.3 Å². The highest BCUT2D eigenvalue weighted by Crippen LogP contribution is 2.25. The molecule has 1 fully saturated rings. The molecule has 0 saturated carbocycles. The van der Waals surface area contributed by atoms with Crippen LogP contribution in [0.2, 0.25) is 0 Å². The summed E-state index contributed by atoms with van der Waals surface area (Å²) >= 11 is 0. The van der Waals surface area contributed by atoms with Crippen LogP contribution >= 0.6 is 0 Å². The molecule has 0 bridgehead atoms. The van der Waals surface area contributed by atoms with E-state index in [4.69, 9.17) is 0 Å². The minimum atomic E-state index is -3.61. The fourth-order valence-electron chi connectivity index (χ4n) is 3.59. The van der Waals surface area contributed by atoms with Crippen molar-refractivity contribution in [1.82, 2.24) is 19.2 Å². The zero-order valence-corrected chi connectivity index (χ0v) is 18.4. The van der Waals surface area contributed by atoms with Crippen molar-refractivity contribution in [3.8, 4) is 0 Å². The largest absolute Gasteiger partial charge is 0.355 e. The van der Waals surface area contributed by atoms with Gasteiger partial charge in [0.2, 0.25) is 5.91 Å². The molecular weight excluding hydrogens is 388 g/mol. The van der Waals surface area contributed by atoms with Gasteiger partial charge in [-0.2, -0.15) is 4.31 Å². The zero-order chi connectivity index (χ0) is 21.2. The lowest BCUT2D eigenvalue weighted by Crippen LogP contribution is -2.45. The fraction of sp³-hybridized carbons (Fsp3) is 0.524. The van der Waals surface area contributed by atoms with Gasteiger partial charge in [0.15, 0.2) is 5.03 Å². The summed E-state index contributed by atoms with van der Waals surface area (Å²) in [7, 11) is -1.84. The third-order valence-electron chi connectivity index (χ3n) is 5.78. The molecule has 2 heterocycles. The number of nitrogens with zero attached hydrogens (tertiary/aromatic N) is 3. The maximum atomic E-state index is 12.8. The number of aromatic nitrogens is 2. The average Bonchev–Trinajstić information content (AvgIpc) is 3.06. The molecule has 8 heteroatoms. The number of imidazole rings is 1. The van der Waals surface area contributed by atoms with Crippen molar-refractivity contribution in [3.63, 3.8) is 0 Å². The predicted molar refractivity (Wildman–Crippen MR) is 112 cm³/mol. The van der Waals surface area contributed by atoms with E-state index in [-0.39, 0.29) is 22.3 Å². The maximum Gasteiger partial charge on any atom is 0.262 e. The fourth-order valence-corrected chi connectivity index (χ4v) is 5.08. The molecule has 1 N–H and O–H groups in total. The van der Waals surface area contributed by atoms with Crippen molar-refractivity contribution in [2.45, 2.75) is 44.1 Å². The number of piperidine rings is 1. The molecule has 1 amide bonds. The van der Waals surface area contributed by atoms with E-state index in [1.165, 1.54) is 16.1 Å². The molecule has 3 rings (SSSR count). The second-order valence-corrected chi connectivity index (χ2v) is 10.3. The lowest BCUT2D eigenvalue weighted by molar-refractivity contribution is -0.126. The Bertz CT molecular complexity index is 940. The van der Waals surface area contributed by atoms with Crippen molar-refractivity contribution in [3.05, 3.63) is 47.9 Å². The Morgan fingerprint density at radius 3 is 2.38 bits per heavy atom. The molecule has 0 aliphatic carbocycles.